The van der Waals surface area contributed by atoms with Gasteiger partial charge >= 0.3 is 0 Å². The van der Waals surface area contributed by atoms with Crippen LogP contribution in [0.5, 0.6) is 0 Å². The fraction of sp³-hybridized carbons (Fsp3) is 1.00. The molecule has 1 heterocycles. The predicted molar refractivity (Wildman–Crippen MR) is 61.6 cm³/mol. The van der Waals surface area contributed by atoms with E-state index in [1.165, 1.54) is 12.2 Å². The fourth-order valence-corrected chi connectivity index (χ4v) is 2.68. The molecule has 1 aliphatic heterocycles. The van der Waals surface area contributed by atoms with E-state index in [4.69, 9.17) is 4.18 Å². The van der Waals surface area contributed by atoms with Gasteiger partial charge in [0.25, 0.3) is 0 Å². The molecular weight excluding hydrogens is 230 g/mol. The van der Waals surface area contributed by atoms with E-state index in [9.17, 15) is 5.21 Å². The third-order valence-electron chi connectivity index (χ3n) is 2.87. The van der Waals surface area contributed by atoms with E-state index in [1.54, 1.807) is 0 Å². The van der Waals surface area contributed by atoms with Gasteiger partial charge in [-0.3, -0.25) is 4.18 Å². The Morgan fingerprint density at radius 3 is 2.12 bits per heavy atom. The summed E-state index contributed by atoms with van der Waals surface area (Å²) in [5, 5.41) is 11.5. The largest absolute Gasteiger partial charge is 0.313 e. The lowest BCUT2D eigenvalue weighted by atomic mass is 9.80. The van der Waals surface area contributed by atoms with Crippen LogP contribution < -0.4 is 0 Å². The monoisotopic (exact) mass is 251 g/mol. The van der Waals surface area contributed by atoms with Crippen LogP contribution in [0, 0.1) is 0 Å². The topological polar surface area (TPSA) is 51.2 Å². The molecule has 0 saturated carbocycles. The Labute approximate surface area is 101 Å². The standard InChI is InChI=1S/C10H21NO4S/c1-9(2)6-8(14-16-15-13-5)7-10(3,4)11(9)12/h8,12H,6-7H2,1-5H3. The molecule has 1 aliphatic rings. The van der Waals surface area contributed by atoms with Gasteiger partial charge in [0.15, 0.2) is 12.3 Å². The Hall–Kier alpha value is 0.150. The zero-order valence-corrected chi connectivity index (χ0v) is 11.3. The van der Waals surface area contributed by atoms with E-state index in [1.807, 2.05) is 27.7 Å². The summed E-state index contributed by atoms with van der Waals surface area (Å²) in [5.41, 5.74) is -0.611. The number of hydroxylamine groups is 2. The van der Waals surface area contributed by atoms with Crippen LogP contribution in [0.25, 0.3) is 0 Å². The van der Waals surface area contributed by atoms with Crippen molar-refractivity contribution in [3.8, 4) is 0 Å². The Bertz CT molecular complexity index is 217. The molecule has 0 bridgehead atoms. The van der Waals surface area contributed by atoms with Gasteiger partial charge in [0.2, 0.25) is 0 Å². The van der Waals surface area contributed by atoms with Crippen molar-refractivity contribution in [1.29, 1.82) is 0 Å². The zero-order valence-electron chi connectivity index (χ0n) is 10.5. The Morgan fingerprint density at radius 1 is 1.19 bits per heavy atom. The Kier molecular flexibility index (Phi) is 4.62. The summed E-state index contributed by atoms with van der Waals surface area (Å²) < 4.78 is 10.1. The maximum atomic E-state index is 10.1. The molecule has 0 unspecified atom stereocenters. The molecule has 96 valence electrons. The highest BCUT2D eigenvalue weighted by molar-refractivity contribution is 7.89. The molecule has 1 rings (SSSR count). The summed E-state index contributed by atoms with van der Waals surface area (Å²) in [6.45, 7) is 7.97. The summed E-state index contributed by atoms with van der Waals surface area (Å²) in [6.07, 6.45) is 1.52. The molecule has 0 aliphatic carbocycles. The molecule has 0 spiro atoms. The van der Waals surface area contributed by atoms with Crippen molar-refractivity contribution < 1.29 is 18.6 Å². The maximum absolute atomic E-state index is 10.1. The first-order valence-corrected chi connectivity index (χ1v) is 5.98. The SMILES string of the molecule is COOSOC1CC(C)(C)N(O)C(C)(C)C1. The quantitative estimate of drug-likeness (QED) is 0.359. The molecule has 1 saturated heterocycles. The Balaban J connectivity index is 2.57. The molecule has 0 atom stereocenters. The lowest BCUT2D eigenvalue weighted by Crippen LogP contribution is -2.60. The minimum atomic E-state index is -0.306. The van der Waals surface area contributed by atoms with Crippen molar-refractivity contribution in [2.45, 2.75) is 57.7 Å². The number of nitrogens with zero attached hydrogens (tertiary/aromatic N) is 1. The molecule has 0 aromatic rings. The van der Waals surface area contributed by atoms with Gasteiger partial charge in [0.1, 0.15) is 0 Å². The average Bonchev–Trinajstić information content (AvgIpc) is 2.14. The first-order valence-electron chi connectivity index (χ1n) is 5.31. The first-order chi connectivity index (χ1) is 7.29. The number of hydrogen-bond donors (Lipinski definition) is 1. The molecular formula is C10H21NO4S. The molecule has 1 fully saturated rings. The van der Waals surface area contributed by atoms with E-state index in [-0.39, 0.29) is 17.2 Å². The third kappa shape index (κ3) is 3.32. The van der Waals surface area contributed by atoms with Crippen molar-refractivity contribution in [2.75, 3.05) is 7.11 Å². The van der Waals surface area contributed by atoms with Crippen LogP contribution in [-0.2, 0) is 13.4 Å². The molecule has 0 aromatic heterocycles. The van der Waals surface area contributed by atoms with Crippen LogP contribution in [0.15, 0.2) is 0 Å². The molecule has 0 radical (unpaired) electrons. The van der Waals surface area contributed by atoms with Crippen molar-refractivity contribution in [2.24, 2.45) is 0 Å². The molecule has 0 aromatic carbocycles. The van der Waals surface area contributed by atoms with E-state index >= 15 is 0 Å². The van der Waals surface area contributed by atoms with Crippen molar-refractivity contribution in [3.05, 3.63) is 0 Å². The predicted octanol–water partition coefficient (Wildman–Crippen LogP) is 2.56. The summed E-state index contributed by atoms with van der Waals surface area (Å²) >= 11 is 0.840. The van der Waals surface area contributed by atoms with Gasteiger partial charge in [-0.15, -0.1) is 4.33 Å². The zero-order chi connectivity index (χ0) is 12.4. The van der Waals surface area contributed by atoms with Gasteiger partial charge in [-0.1, -0.05) is 0 Å². The molecule has 6 heteroatoms. The van der Waals surface area contributed by atoms with Crippen LogP contribution in [0.3, 0.4) is 0 Å². The highest BCUT2D eigenvalue weighted by Gasteiger charge is 2.45. The molecule has 16 heavy (non-hydrogen) atoms. The van der Waals surface area contributed by atoms with Gasteiger partial charge in [0, 0.05) is 11.1 Å². The number of piperidine rings is 1. The van der Waals surface area contributed by atoms with E-state index < -0.39 is 0 Å². The molecule has 1 N–H and O–H groups in total. The highest BCUT2D eigenvalue weighted by Crippen LogP contribution is 2.39. The minimum Gasteiger partial charge on any atom is -0.313 e. The van der Waals surface area contributed by atoms with Gasteiger partial charge in [-0.05, 0) is 40.5 Å². The summed E-state index contributed by atoms with van der Waals surface area (Å²) in [4.78, 5) is 4.44. The first kappa shape index (κ1) is 14.2. The van der Waals surface area contributed by atoms with Gasteiger partial charge < -0.3 is 5.21 Å². The number of hydrogen-bond acceptors (Lipinski definition) is 6. The summed E-state index contributed by atoms with van der Waals surface area (Å²) in [5.74, 6) is 0. The second kappa shape index (κ2) is 5.20. The van der Waals surface area contributed by atoms with Crippen LogP contribution in [0.1, 0.15) is 40.5 Å². The van der Waals surface area contributed by atoms with Crippen LogP contribution >= 0.6 is 12.3 Å². The van der Waals surface area contributed by atoms with Crippen LogP contribution in [0.4, 0.5) is 0 Å². The van der Waals surface area contributed by atoms with Crippen molar-refractivity contribution >= 4 is 12.3 Å². The van der Waals surface area contributed by atoms with E-state index in [0.717, 1.165) is 25.2 Å². The lowest BCUT2D eigenvalue weighted by molar-refractivity contribution is -0.255. The van der Waals surface area contributed by atoms with Crippen molar-refractivity contribution in [1.82, 2.24) is 5.06 Å². The van der Waals surface area contributed by atoms with Gasteiger partial charge in [-0.2, -0.15) is 5.06 Å². The normalized spacial score (nSPS) is 25.9. The van der Waals surface area contributed by atoms with Crippen molar-refractivity contribution in [3.63, 3.8) is 0 Å². The Morgan fingerprint density at radius 2 is 1.69 bits per heavy atom. The van der Waals surface area contributed by atoms with E-state index in [0.29, 0.717) is 0 Å². The second-order valence-electron chi connectivity index (χ2n) is 5.37. The van der Waals surface area contributed by atoms with Crippen LogP contribution in [0.2, 0.25) is 0 Å². The van der Waals surface area contributed by atoms with Crippen LogP contribution in [-0.4, -0.2) is 34.6 Å². The molecule has 5 nitrogen and oxygen atoms in total. The van der Waals surface area contributed by atoms with Gasteiger partial charge in [-0.25, -0.2) is 4.89 Å². The number of rotatable bonds is 4. The second-order valence-corrected chi connectivity index (χ2v) is 5.83. The summed E-state index contributed by atoms with van der Waals surface area (Å²) in [6, 6.07) is 0. The minimum absolute atomic E-state index is 0.0357. The van der Waals surface area contributed by atoms with Gasteiger partial charge in [0.05, 0.1) is 13.2 Å². The smallest absolute Gasteiger partial charge is 0.194 e. The third-order valence-corrected chi connectivity index (χ3v) is 3.41. The maximum Gasteiger partial charge on any atom is 0.194 e. The molecule has 0 amide bonds. The highest BCUT2D eigenvalue weighted by atomic mass is 32.2. The summed E-state index contributed by atoms with van der Waals surface area (Å²) in [7, 11) is 1.43. The van der Waals surface area contributed by atoms with E-state index in [2.05, 4.69) is 9.22 Å². The fourth-order valence-electron chi connectivity index (χ4n) is 2.35. The average molecular weight is 251 g/mol. The lowest BCUT2D eigenvalue weighted by Gasteiger charge is -2.50.